The van der Waals surface area contributed by atoms with E-state index in [1.807, 2.05) is 12.1 Å². The van der Waals surface area contributed by atoms with E-state index in [0.29, 0.717) is 17.4 Å². The van der Waals surface area contributed by atoms with Crippen molar-refractivity contribution in [1.82, 2.24) is 24.6 Å². The monoisotopic (exact) mass is 341 g/mol. The van der Waals surface area contributed by atoms with Crippen molar-refractivity contribution in [2.75, 3.05) is 26.3 Å². The Balaban J connectivity index is 1.57. The number of imidazole rings is 1. The largest absolute Gasteiger partial charge is 0.379 e. The number of hydrogen-bond acceptors (Lipinski definition) is 6. The molecule has 8 nitrogen and oxygen atoms in total. The Morgan fingerprint density at radius 3 is 2.88 bits per heavy atom. The number of rotatable bonds is 4. The number of nitrogens with one attached hydrogen (secondary N) is 1. The SMILES string of the molecule is Cn1c(-c2nc(-c3cccc(CN4CCOCC4)c3)no2)c[nH]c1=O. The van der Waals surface area contributed by atoms with Crippen LogP contribution in [-0.4, -0.2) is 50.9 Å². The highest BCUT2D eigenvalue weighted by Gasteiger charge is 2.16. The van der Waals surface area contributed by atoms with Crippen LogP contribution in [-0.2, 0) is 18.3 Å². The minimum atomic E-state index is -0.220. The van der Waals surface area contributed by atoms with E-state index in [-0.39, 0.29) is 5.69 Å². The minimum absolute atomic E-state index is 0.220. The molecule has 0 spiro atoms. The van der Waals surface area contributed by atoms with Crippen LogP contribution in [0.2, 0.25) is 0 Å². The molecule has 0 unspecified atom stereocenters. The fourth-order valence-electron chi connectivity index (χ4n) is 2.91. The Morgan fingerprint density at radius 1 is 1.28 bits per heavy atom. The van der Waals surface area contributed by atoms with Gasteiger partial charge in [-0.1, -0.05) is 23.4 Å². The van der Waals surface area contributed by atoms with Gasteiger partial charge in [0.15, 0.2) is 0 Å². The molecule has 0 bridgehead atoms. The molecule has 0 radical (unpaired) electrons. The Morgan fingerprint density at radius 2 is 2.12 bits per heavy atom. The van der Waals surface area contributed by atoms with Gasteiger partial charge in [0.25, 0.3) is 5.89 Å². The van der Waals surface area contributed by atoms with Crippen molar-refractivity contribution in [2.45, 2.75) is 6.54 Å². The molecule has 0 amide bonds. The van der Waals surface area contributed by atoms with Gasteiger partial charge in [-0.25, -0.2) is 4.79 Å². The number of ether oxygens (including phenoxy) is 1. The molecule has 4 rings (SSSR count). The molecule has 0 atom stereocenters. The first-order valence-electron chi connectivity index (χ1n) is 8.18. The van der Waals surface area contributed by atoms with Gasteiger partial charge in [0.1, 0.15) is 5.69 Å². The molecule has 25 heavy (non-hydrogen) atoms. The second kappa shape index (κ2) is 6.66. The Labute approximate surface area is 144 Å². The highest BCUT2D eigenvalue weighted by atomic mass is 16.5. The summed E-state index contributed by atoms with van der Waals surface area (Å²) in [6.45, 7) is 4.32. The van der Waals surface area contributed by atoms with E-state index < -0.39 is 0 Å². The topological polar surface area (TPSA) is 89.2 Å². The first-order valence-corrected chi connectivity index (χ1v) is 8.18. The van der Waals surface area contributed by atoms with E-state index in [4.69, 9.17) is 9.26 Å². The smallest absolute Gasteiger partial charge is 0.325 e. The van der Waals surface area contributed by atoms with Gasteiger partial charge in [-0.15, -0.1) is 0 Å². The molecule has 3 heterocycles. The summed E-state index contributed by atoms with van der Waals surface area (Å²) in [4.78, 5) is 20.9. The number of nitrogens with zero attached hydrogens (tertiary/aromatic N) is 4. The molecular weight excluding hydrogens is 322 g/mol. The molecule has 1 saturated heterocycles. The summed E-state index contributed by atoms with van der Waals surface area (Å²) in [5, 5.41) is 4.05. The number of hydrogen-bond donors (Lipinski definition) is 1. The second-order valence-corrected chi connectivity index (χ2v) is 6.05. The zero-order chi connectivity index (χ0) is 17.2. The van der Waals surface area contributed by atoms with Crippen LogP contribution in [0.1, 0.15) is 5.56 Å². The van der Waals surface area contributed by atoms with Gasteiger partial charge in [-0.3, -0.25) is 9.47 Å². The zero-order valence-corrected chi connectivity index (χ0v) is 13.9. The highest BCUT2D eigenvalue weighted by Crippen LogP contribution is 2.22. The van der Waals surface area contributed by atoms with E-state index >= 15 is 0 Å². The van der Waals surface area contributed by atoms with Gasteiger partial charge < -0.3 is 14.2 Å². The third kappa shape index (κ3) is 3.26. The minimum Gasteiger partial charge on any atom is -0.379 e. The van der Waals surface area contributed by atoms with E-state index in [9.17, 15) is 4.79 Å². The van der Waals surface area contributed by atoms with Gasteiger partial charge in [-0.05, 0) is 11.6 Å². The fraction of sp³-hybridized carbons (Fsp3) is 0.353. The fourth-order valence-corrected chi connectivity index (χ4v) is 2.91. The van der Waals surface area contributed by atoms with Gasteiger partial charge in [0, 0.05) is 38.4 Å². The van der Waals surface area contributed by atoms with Crippen molar-refractivity contribution in [3.63, 3.8) is 0 Å². The molecule has 1 fully saturated rings. The predicted molar refractivity (Wildman–Crippen MR) is 90.9 cm³/mol. The maximum absolute atomic E-state index is 11.5. The number of H-pyrrole nitrogens is 1. The molecule has 2 aromatic heterocycles. The lowest BCUT2D eigenvalue weighted by Crippen LogP contribution is -2.35. The zero-order valence-electron chi connectivity index (χ0n) is 13.9. The number of aromatic amines is 1. The summed E-state index contributed by atoms with van der Waals surface area (Å²) in [6.07, 6.45) is 1.56. The quantitative estimate of drug-likeness (QED) is 0.768. The van der Waals surface area contributed by atoms with E-state index in [0.717, 1.165) is 38.4 Å². The molecule has 1 aromatic carbocycles. The van der Waals surface area contributed by atoms with Crippen molar-refractivity contribution in [3.8, 4) is 23.0 Å². The highest BCUT2D eigenvalue weighted by molar-refractivity contribution is 5.58. The van der Waals surface area contributed by atoms with Crippen LogP contribution < -0.4 is 5.69 Å². The third-order valence-corrected chi connectivity index (χ3v) is 4.34. The lowest BCUT2D eigenvalue weighted by molar-refractivity contribution is 0.0342. The summed E-state index contributed by atoms with van der Waals surface area (Å²) in [7, 11) is 1.65. The number of aromatic nitrogens is 4. The standard InChI is InChI=1S/C17H19N5O3/c1-21-14(10-18-17(21)23)16-19-15(20-25-16)13-4-2-3-12(9-13)11-22-5-7-24-8-6-22/h2-4,9-10H,5-8,11H2,1H3,(H,18,23). The Bertz CT molecular complexity index is 920. The lowest BCUT2D eigenvalue weighted by atomic mass is 10.1. The molecule has 1 aliphatic heterocycles. The van der Waals surface area contributed by atoms with E-state index in [1.54, 1.807) is 13.2 Å². The molecule has 0 saturated carbocycles. The van der Waals surface area contributed by atoms with Gasteiger partial charge in [0.05, 0.1) is 13.2 Å². The van der Waals surface area contributed by atoms with Crippen LogP contribution in [0.15, 0.2) is 39.8 Å². The Kier molecular flexibility index (Phi) is 4.21. The molecular formula is C17H19N5O3. The van der Waals surface area contributed by atoms with E-state index in [1.165, 1.54) is 10.1 Å². The van der Waals surface area contributed by atoms with Gasteiger partial charge in [0.2, 0.25) is 5.82 Å². The van der Waals surface area contributed by atoms with Crippen LogP contribution in [0, 0.1) is 0 Å². The van der Waals surface area contributed by atoms with E-state index in [2.05, 4.69) is 32.2 Å². The van der Waals surface area contributed by atoms with Crippen molar-refractivity contribution in [2.24, 2.45) is 7.05 Å². The second-order valence-electron chi connectivity index (χ2n) is 6.05. The van der Waals surface area contributed by atoms with Crippen LogP contribution in [0.5, 0.6) is 0 Å². The average molecular weight is 341 g/mol. The maximum atomic E-state index is 11.5. The van der Waals surface area contributed by atoms with Crippen LogP contribution in [0.25, 0.3) is 23.0 Å². The van der Waals surface area contributed by atoms with Crippen molar-refractivity contribution < 1.29 is 9.26 Å². The normalized spacial score (nSPS) is 15.6. The van der Waals surface area contributed by atoms with Crippen LogP contribution in [0.3, 0.4) is 0 Å². The number of benzene rings is 1. The first-order chi connectivity index (χ1) is 12.2. The molecule has 8 heteroatoms. The van der Waals surface area contributed by atoms with Crippen LogP contribution >= 0.6 is 0 Å². The van der Waals surface area contributed by atoms with Crippen molar-refractivity contribution in [3.05, 3.63) is 46.5 Å². The molecule has 0 aliphatic carbocycles. The van der Waals surface area contributed by atoms with Gasteiger partial charge >= 0.3 is 5.69 Å². The van der Waals surface area contributed by atoms with Gasteiger partial charge in [-0.2, -0.15) is 4.98 Å². The first kappa shape index (κ1) is 15.8. The summed E-state index contributed by atoms with van der Waals surface area (Å²) < 4.78 is 12.1. The summed E-state index contributed by atoms with van der Waals surface area (Å²) in [5.74, 6) is 0.821. The molecule has 1 N–H and O–H groups in total. The third-order valence-electron chi connectivity index (χ3n) is 4.34. The van der Waals surface area contributed by atoms with Crippen LogP contribution in [0.4, 0.5) is 0 Å². The Hall–Kier alpha value is -2.71. The summed E-state index contributed by atoms with van der Waals surface area (Å²) in [6, 6.07) is 8.11. The predicted octanol–water partition coefficient (Wildman–Crippen LogP) is 1.26. The molecule has 130 valence electrons. The molecule has 1 aliphatic rings. The van der Waals surface area contributed by atoms with Crippen molar-refractivity contribution >= 4 is 0 Å². The summed E-state index contributed by atoms with van der Waals surface area (Å²) in [5.41, 5.74) is 2.43. The van der Waals surface area contributed by atoms with Crippen molar-refractivity contribution in [1.29, 1.82) is 0 Å². The number of morpholine rings is 1. The average Bonchev–Trinajstić information content (AvgIpc) is 3.24. The molecule has 3 aromatic rings. The maximum Gasteiger partial charge on any atom is 0.325 e. The summed E-state index contributed by atoms with van der Waals surface area (Å²) >= 11 is 0. The lowest BCUT2D eigenvalue weighted by Gasteiger charge is -2.26.